The maximum Gasteiger partial charge on any atom is 0.237 e. The number of Topliss-reactive ketones (excluding diaryl/α,β-unsaturated/α-hetero) is 1. The number of aryl methyl sites for hydroxylation is 1. The first-order chi connectivity index (χ1) is 9.95. The Morgan fingerprint density at radius 1 is 1.33 bits per heavy atom. The quantitative estimate of drug-likeness (QED) is 0.676. The van der Waals surface area contributed by atoms with Gasteiger partial charge in [0.25, 0.3) is 0 Å². The summed E-state index contributed by atoms with van der Waals surface area (Å²) in [6.07, 6.45) is 0. The van der Waals surface area contributed by atoms with Crippen LogP contribution < -0.4 is 5.32 Å². The van der Waals surface area contributed by atoms with Crippen LogP contribution in [0.15, 0.2) is 28.6 Å². The third-order valence-corrected chi connectivity index (χ3v) is 4.71. The lowest BCUT2D eigenvalue weighted by Gasteiger charge is -2.10. The topological polar surface area (TPSA) is 72.0 Å². The van der Waals surface area contributed by atoms with Gasteiger partial charge in [0.15, 0.2) is 10.1 Å². The van der Waals surface area contributed by atoms with Gasteiger partial charge in [0.2, 0.25) is 5.91 Å². The van der Waals surface area contributed by atoms with Crippen LogP contribution in [0.3, 0.4) is 0 Å². The molecule has 110 valence electrons. The molecular weight excluding hydrogens is 306 g/mol. The lowest BCUT2D eigenvalue weighted by Crippen LogP contribution is -2.22. The molecule has 0 bridgehead atoms. The Kier molecular flexibility index (Phi) is 5.08. The van der Waals surface area contributed by atoms with E-state index in [1.54, 1.807) is 24.3 Å². The number of ketones is 1. The molecule has 0 spiro atoms. The average molecular weight is 321 g/mol. The van der Waals surface area contributed by atoms with Crippen LogP contribution in [0.4, 0.5) is 5.69 Å². The van der Waals surface area contributed by atoms with E-state index in [-0.39, 0.29) is 16.9 Å². The molecule has 1 heterocycles. The maximum atomic E-state index is 12.1. The minimum Gasteiger partial charge on any atom is -0.325 e. The molecular formula is C14H15N3O2S2. The fourth-order valence-electron chi connectivity index (χ4n) is 1.59. The summed E-state index contributed by atoms with van der Waals surface area (Å²) in [6.45, 7) is 5.18. The number of anilines is 1. The van der Waals surface area contributed by atoms with Crippen LogP contribution in [0.2, 0.25) is 0 Å². The van der Waals surface area contributed by atoms with E-state index in [9.17, 15) is 9.59 Å². The third-order valence-electron chi connectivity index (χ3n) is 2.69. The van der Waals surface area contributed by atoms with Gasteiger partial charge in [-0.2, -0.15) is 0 Å². The number of aromatic nitrogens is 2. The number of rotatable bonds is 5. The second kappa shape index (κ2) is 6.82. The van der Waals surface area contributed by atoms with Crippen LogP contribution in [0.1, 0.15) is 29.2 Å². The molecule has 5 nitrogen and oxygen atoms in total. The molecule has 0 unspecified atom stereocenters. The van der Waals surface area contributed by atoms with E-state index in [1.165, 1.54) is 30.0 Å². The van der Waals surface area contributed by atoms with Gasteiger partial charge in [-0.05, 0) is 32.9 Å². The van der Waals surface area contributed by atoms with Gasteiger partial charge >= 0.3 is 0 Å². The van der Waals surface area contributed by atoms with Crippen molar-refractivity contribution in [3.63, 3.8) is 0 Å². The Morgan fingerprint density at radius 3 is 2.71 bits per heavy atom. The van der Waals surface area contributed by atoms with Crippen LogP contribution in [-0.2, 0) is 4.79 Å². The van der Waals surface area contributed by atoms with E-state index in [1.807, 2.05) is 13.8 Å². The van der Waals surface area contributed by atoms with E-state index in [0.717, 1.165) is 9.35 Å². The Balaban J connectivity index is 2.00. The second-order valence-electron chi connectivity index (χ2n) is 4.47. The third kappa shape index (κ3) is 4.37. The average Bonchev–Trinajstić information content (AvgIpc) is 2.84. The molecule has 2 aromatic rings. The molecule has 0 aliphatic carbocycles. The van der Waals surface area contributed by atoms with Crippen LogP contribution in [0, 0.1) is 6.92 Å². The zero-order valence-corrected chi connectivity index (χ0v) is 13.5. The van der Waals surface area contributed by atoms with Gasteiger partial charge in [-0.25, -0.2) is 0 Å². The number of carbonyl (C=O) groups excluding carboxylic acids is 2. The van der Waals surface area contributed by atoms with Crippen molar-refractivity contribution in [2.45, 2.75) is 30.4 Å². The largest absolute Gasteiger partial charge is 0.325 e. The lowest BCUT2D eigenvalue weighted by atomic mass is 10.1. The van der Waals surface area contributed by atoms with E-state index in [2.05, 4.69) is 15.5 Å². The fraction of sp³-hybridized carbons (Fsp3) is 0.286. The van der Waals surface area contributed by atoms with Crippen molar-refractivity contribution in [1.82, 2.24) is 10.2 Å². The molecule has 1 atom stereocenters. The number of nitrogens with zero attached hydrogens (tertiary/aromatic N) is 2. The van der Waals surface area contributed by atoms with Crippen molar-refractivity contribution >= 4 is 40.5 Å². The molecule has 7 heteroatoms. The van der Waals surface area contributed by atoms with Crippen molar-refractivity contribution in [1.29, 1.82) is 0 Å². The van der Waals surface area contributed by atoms with Gasteiger partial charge in [0, 0.05) is 11.3 Å². The first kappa shape index (κ1) is 15.7. The van der Waals surface area contributed by atoms with E-state index in [4.69, 9.17) is 0 Å². The van der Waals surface area contributed by atoms with Crippen LogP contribution in [-0.4, -0.2) is 27.1 Å². The molecule has 1 amide bonds. The minimum atomic E-state index is -0.293. The first-order valence-electron chi connectivity index (χ1n) is 6.34. The maximum absolute atomic E-state index is 12.1. The van der Waals surface area contributed by atoms with Crippen molar-refractivity contribution < 1.29 is 9.59 Å². The summed E-state index contributed by atoms with van der Waals surface area (Å²) < 4.78 is 0.771. The summed E-state index contributed by atoms with van der Waals surface area (Å²) in [5.74, 6) is -0.161. The molecule has 0 saturated carbocycles. The molecule has 0 aliphatic rings. The molecule has 2 rings (SSSR count). The first-order valence-corrected chi connectivity index (χ1v) is 8.04. The van der Waals surface area contributed by atoms with Crippen molar-refractivity contribution in [2.24, 2.45) is 0 Å². The molecule has 0 aliphatic heterocycles. The molecule has 0 fully saturated rings. The Hall–Kier alpha value is -1.73. The smallest absolute Gasteiger partial charge is 0.237 e. The Labute approximate surface area is 131 Å². The summed E-state index contributed by atoms with van der Waals surface area (Å²) in [7, 11) is 0. The van der Waals surface area contributed by atoms with Crippen LogP contribution in [0.5, 0.6) is 0 Å². The number of hydrogen-bond acceptors (Lipinski definition) is 6. The van der Waals surface area contributed by atoms with Crippen molar-refractivity contribution in [2.75, 3.05) is 5.32 Å². The van der Waals surface area contributed by atoms with Gasteiger partial charge in [0.1, 0.15) is 5.01 Å². The van der Waals surface area contributed by atoms with Gasteiger partial charge in [-0.15, -0.1) is 10.2 Å². The normalized spacial score (nSPS) is 12.0. The summed E-state index contributed by atoms with van der Waals surface area (Å²) in [5, 5.41) is 11.3. The Bertz CT molecular complexity index is 670. The van der Waals surface area contributed by atoms with Crippen LogP contribution >= 0.6 is 23.1 Å². The highest BCUT2D eigenvalue weighted by atomic mass is 32.2. The summed E-state index contributed by atoms with van der Waals surface area (Å²) in [6, 6.07) is 6.90. The standard InChI is InChI=1S/C14H15N3O2S2/c1-8(18)11-5-4-6-12(7-11)15-13(19)9(2)20-14-17-16-10(3)21-14/h4-7,9H,1-3H3,(H,15,19)/t9-/m1/s1. The van der Waals surface area contributed by atoms with E-state index in [0.29, 0.717) is 11.3 Å². The predicted molar refractivity (Wildman–Crippen MR) is 85.0 cm³/mol. The number of carbonyl (C=O) groups is 2. The van der Waals surface area contributed by atoms with Crippen molar-refractivity contribution in [3.8, 4) is 0 Å². The highest BCUT2D eigenvalue weighted by Crippen LogP contribution is 2.27. The van der Waals surface area contributed by atoms with Gasteiger partial charge < -0.3 is 5.32 Å². The van der Waals surface area contributed by atoms with E-state index < -0.39 is 0 Å². The molecule has 1 aromatic heterocycles. The fourth-order valence-corrected chi connectivity index (χ4v) is 3.55. The number of nitrogens with one attached hydrogen (secondary N) is 1. The van der Waals surface area contributed by atoms with Gasteiger partial charge in [0.05, 0.1) is 5.25 Å². The lowest BCUT2D eigenvalue weighted by molar-refractivity contribution is -0.115. The monoisotopic (exact) mass is 321 g/mol. The minimum absolute atomic E-state index is 0.0298. The number of amides is 1. The zero-order chi connectivity index (χ0) is 15.4. The SMILES string of the molecule is CC(=O)c1cccc(NC(=O)[C@@H](C)Sc2nnc(C)s2)c1. The molecule has 1 N–H and O–H groups in total. The number of thioether (sulfide) groups is 1. The van der Waals surface area contributed by atoms with Gasteiger partial charge in [-0.1, -0.05) is 35.2 Å². The zero-order valence-electron chi connectivity index (χ0n) is 11.9. The molecule has 21 heavy (non-hydrogen) atoms. The molecule has 0 saturated heterocycles. The van der Waals surface area contributed by atoms with Gasteiger partial charge in [-0.3, -0.25) is 9.59 Å². The number of benzene rings is 1. The van der Waals surface area contributed by atoms with Crippen LogP contribution in [0.25, 0.3) is 0 Å². The van der Waals surface area contributed by atoms with Crippen molar-refractivity contribution in [3.05, 3.63) is 34.8 Å². The second-order valence-corrected chi connectivity index (χ2v) is 7.24. The summed E-state index contributed by atoms with van der Waals surface area (Å²) in [4.78, 5) is 23.5. The highest BCUT2D eigenvalue weighted by Gasteiger charge is 2.17. The highest BCUT2D eigenvalue weighted by molar-refractivity contribution is 8.02. The van der Waals surface area contributed by atoms with E-state index >= 15 is 0 Å². The summed E-state index contributed by atoms with van der Waals surface area (Å²) in [5.41, 5.74) is 1.20. The molecule has 0 radical (unpaired) electrons. The predicted octanol–water partition coefficient (Wildman–Crippen LogP) is 3.17. The number of hydrogen-bond donors (Lipinski definition) is 1. The molecule has 1 aromatic carbocycles. The Morgan fingerprint density at radius 2 is 2.10 bits per heavy atom. The summed E-state index contributed by atoms with van der Waals surface area (Å²) >= 11 is 2.83.